The summed E-state index contributed by atoms with van der Waals surface area (Å²) in [6.45, 7) is 2.24. The van der Waals surface area contributed by atoms with Gasteiger partial charge in [-0.1, -0.05) is 18.9 Å². The van der Waals surface area contributed by atoms with Crippen LogP contribution in [0.2, 0.25) is 0 Å². The van der Waals surface area contributed by atoms with E-state index in [1.165, 1.54) is 36.6 Å². The number of halogens is 6. The summed E-state index contributed by atoms with van der Waals surface area (Å²) in [5, 5.41) is 16.8. The number of nitrogens with two attached hydrogens (primary N) is 1. The van der Waals surface area contributed by atoms with Crippen LogP contribution in [0.15, 0.2) is 56.5 Å². The molecular weight excluding hydrogens is 795 g/mol. The fourth-order valence-electron chi connectivity index (χ4n) is 7.16. The number of hydrogen-bond acceptors (Lipinski definition) is 11. The third kappa shape index (κ3) is 9.56. The van der Waals surface area contributed by atoms with Crippen LogP contribution in [-0.4, -0.2) is 73.8 Å². The number of carbonyl (C=O) groups is 2. The number of alkyl halides is 6. The molecule has 58 heavy (non-hydrogen) atoms. The van der Waals surface area contributed by atoms with Gasteiger partial charge in [0.2, 0.25) is 5.56 Å². The molecule has 2 aliphatic heterocycles. The van der Waals surface area contributed by atoms with Gasteiger partial charge in [-0.15, -0.1) is 20.4 Å². The summed E-state index contributed by atoms with van der Waals surface area (Å²) in [4.78, 5) is 46.3. The number of amides is 2. The molecule has 3 aromatic heterocycles. The molecule has 2 aliphatic rings. The maximum absolute atomic E-state index is 14.0. The number of carbonyl (C=O) groups excluding carboxylic acids is 2. The fourth-order valence-corrected chi connectivity index (χ4v) is 8.36. The van der Waals surface area contributed by atoms with Crippen molar-refractivity contribution in [1.82, 2.24) is 25.4 Å². The van der Waals surface area contributed by atoms with Gasteiger partial charge in [0.25, 0.3) is 11.8 Å². The number of nitrogen functional groups attached to an aromatic ring is 1. The van der Waals surface area contributed by atoms with E-state index in [0.717, 1.165) is 31.9 Å². The number of pyridine rings is 1. The van der Waals surface area contributed by atoms with Gasteiger partial charge < -0.3 is 25.8 Å². The first-order valence-electron chi connectivity index (χ1n) is 18.4. The minimum Gasteiger partial charge on any atom is -0.399 e. The number of hydrogen-bond donors (Lipinski definition) is 3. The zero-order chi connectivity index (χ0) is 42.0. The Hall–Kier alpha value is -5.60. The third-order valence-electron chi connectivity index (χ3n) is 10.0. The summed E-state index contributed by atoms with van der Waals surface area (Å²) in [7, 11) is -3.47. The molecule has 310 valence electrons. The van der Waals surface area contributed by atoms with Crippen molar-refractivity contribution in [3.8, 4) is 0 Å². The monoisotopic (exact) mass is 834 g/mol. The lowest BCUT2D eigenvalue weighted by Gasteiger charge is -2.25. The second-order valence-electron chi connectivity index (χ2n) is 14.3. The van der Waals surface area contributed by atoms with Crippen molar-refractivity contribution in [2.45, 2.75) is 75.0 Å². The summed E-state index contributed by atoms with van der Waals surface area (Å²) in [5.41, 5.74) is 1.89. The van der Waals surface area contributed by atoms with Crippen LogP contribution < -0.4 is 26.4 Å². The normalized spacial score (nSPS) is 17.8. The second-order valence-corrected chi connectivity index (χ2v) is 16.5. The highest BCUT2D eigenvalue weighted by atomic mass is 32.2. The summed E-state index contributed by atoms with van der Waals surface area (Å²) in [6.07, 6.45) is -4.24. The van der Waals surface area contributed by atoms with Crippen LogP contribution in [0.4, 0.5) is 49.2 Å². The largest absolute Gasteiger partial charge is 0.435 e. The number of anilines is 4. The van der Waals surface area contributed by atoms with Gasteiger partial charge in [0, 0.05) is 66.4 Å². The maximum atomic E-state index is 14.0. The minimum atomic E-state index is -4.96. The first kappa shape index (κ1) is 42.0. The predicted molar refractivity (Wildman–Crippen MR) is 203 cm³/mol. The number of benzene rings is 1. The molecule has 6 rings (SSSR count). The van der Waals surface area contributed by atoms with Crippen LogP contribution in [0.1, 0.15) is 94.4 Å². The fraction of sp³-hybridized carbons (Fsp3) is 0.432. The Morgan fingerprint density at radius 3 is 2.26 bits per heavy atom. The number of H-pyrrole nitrogens is 1. The summed E-state index contributed by atoms with van der Waals surface area (Å²) in [5.74, 6) is -2.60. The molecule has 2 fully saturated rings. The van der Waals surface area contributed by atoms with Crippen molar-refractivity contribution in [1.29, 1.82) is 0 Å². The molecule has 5 heterocycles. The number of aromatic amines is 1. The van der Waals surface area contributed by atoms with Gasteiger partial charge in [0.05, 0.1) is 21.0 Å². The van der Waals surface area contributed by atoms with E-state index in [1.807, 2.05) is 0 Å². The van der Waals surface area contributed by atoms with E-state index in [0.29, 0.717) is 44.5 Å². The van der Waals surface area contributed by atoms with E-state index in [1.54, 1.807) is 9.80 Å². The molecule has 4 aromatic rings. The van der Waals surface area contributed by atoms with Crippen molar-refractivity contribution in [2.75, 3.05) is 53.3 Å². The smallest absolute Gasteiger partial charge is 0.399 e. The summed E-state index contributed by atoms with van der Waals surface area (Å²) < 4.78 is 100. The highest BCUT2D eigenvalue weighted by Gasteiger charge is 2.39. The number of rotatable bonds is 7. The summed E-state index contributed by atoms with van der Waals surface area (Å²) >= 11 is 0. The first-order valence-corrected chi connectivity index (χ1v) is 20.3. The van der Waals surface area contributed by atoms with Crippen molar-refractivity contribution in [3.05, 3.63) is 86.7 Å². The molecule has 0 spiro atoms. The van der Waals surface area contributed by atoms with Gasteiger partial charge >= 0.3 is 12.4 Å². The van der Waals surface area contributed by atoms with E-state index >= 15 is 0 Å². The van der Waals surface area contributed by atoms with Gasteiger partial charge in [0.1, 0.15) is 0 Å². The molecular formula is C37H40F6N10O4S. The molecule has 4 N–H and O–H groups in total. The van der Waals surface area contributed by atoms with E-state index in [9.17, 15) is 44.9 Å². The highest BCUT2D eigenvalue weighted by Crippen LogP contribution is 2.37. The van der Waals surface area contributed by atoms with E-state index < -0.39 is 62.0 Å². The maximum Gasteiger partial charge on any atom is 0.435 e. The number of nitrogens with one attached hydrogen (secondary N) is 2. The molecule has 2 amide bonds. The van der Waals surface area contributed by atoms with Gasteiger partial charge in [-0.3, -0.25) is 14.4 Å². The number of nitrogens with zero attached hydrogens (tertiary/aromatic N) is 7. The molecule has 1 aromatic carbocycles. The lowest BCUT2D eigenvalue weighted by Crippen LogP contribution is -2.29. The molecule has 0 radical (unpaired) electrons. The molecule has 0 saturated carbocycles. The van der Waals surface area contributed by atoms with Crippen LogP contribution in [0.3, 0.4) is 0 Å². The third-order valence-corrected chi connectivity index (χ3v) is 11.7. The number of aromatic nitrogens is 5. The molecule has 2 unspecified atom stereocenters. The lowest BCUT2D eigenvalue weighted by molar-refractivity contribution is -0.142. The Bertz CT molecular complexity index is 2390. The van der Waals surface area contributed by atoms with Crippen LogP contribution >= 0.6 is 0 Å². The van der Waals surface area contributed by atoms with Crippen LogP contribution in [0.25, 0.3) is 0 Å². The first-order chi connectivity index (χ1) is 27.3. The van der Waals surface area contributed by atoms with Gasteiger partial charge in [-0.2, -0.15) is 30.7 Å². The summed E-state index contributed by atoms with van der Waals surface area (Å²) in [6, 6.07) is 9.28. The van der Waals surface area contributed by atoms with Crippen molar-refractivity contribution >= 4 is 44.4 Å². The standard InChI is InChI=1S/C37H40F6N10O4S/c1-21-30(34(55)51-58(2,57)25-11-7-10-23(44)17-25)33(50-49-32(21)37(41,42)43)53-15-8-9-22(12-16-53)26-18-24(19-29(54)46-26)45-35(56)31-27(52-13-5-3-4-6-14-52)20-28(47-48-31)36(38,39)40/h7,10-11,17-20,22H,3-6,8-9,12-16,44H2,1-2H3,(H2,45,46,54,56). The quantitative estimate of drug-likeness (QED) is 0.134. The zero-order valence-electron chi connectivity index (χ0n) is 31.4. The topological polar surface area (TPSA) is 193 Å². The van der Waals surface area contributed by atoms with Crippen molar-refractivity contribution in [2.24, 2.45) is 4.36 Å². The zero-order valence-corrected chi connectivity index (χ0v) is 32.2. The Morgan fingerprint density at radius 2 is 1.59 bits per heavy atom. The van der Waals surface area contributed by atoms with E-state index in [-0.39, 0.29) is 58.9 Å². The van der Waals surface area contributed by atoms with E-state index in [2.05, 4.69) is 35.1 Å². The highest BCUT2D eigenvalue weighted by molar-refractivity contribution is 7.93. The van der Waals surface area contributed by atoms with Crippen molar-refractivity contribution in [3.63, 3.8) is 0 Å². The van der Waals surface area contributed by atoms with Crippen LogP contribution in [0, 0.1) is 6.92 Å². The molecule has 0 aliphatic carbocycles. The van der Waals surface area contributed by atoms with Gasteiger partial charge in [-0.25, -0.2) is 4.21 Å². The predicted octanol–water partition coefficient (Wildman–Crippen LogP) is 6.59. The molecule has 2 saturated heterocycles. The minimum absolute atomic E-state index is 0.0195. The average Bonchev–Trinajstić information content (AvgIpc) is 3.57. The second kappa shape index (κ2) is 16.7. The van der Waals surface area contributed by atoms with Gasteiger partial charge in [0.15, 0.2) is 22.9 Å². The van der Waals surface area contributed by atoms with Gasteiger partial charge in [-0.05, 0) is 74.9 Å². The molecule has 0 bridgehead atoms. The Labute approximate surface area is 328 Å². The molecule has 2 atom stereocenters. The Kier molecular flexibility index (Phi) is 12.1. The van der Waals surface area contributed by atoms with Crippen LogP contribution in [0.5, 0.6) is 0 Å². The Balaban J connectivity index is 1.27. The SMILES string of the molecule is Cc1c(C(F)(F)F)nnc(N2CCCC(c3cc(NC(=O)c4nnc(C(F)(F)F)cc4N4CCCCCC4)cc(=O)[nH]3)CC2)c1C(=O)N=S(C)(=O)c1cccc(N)c1. The van der Waals surface area contributed by atoms with E-state index in [4.69, 9.17) is 5.73 Å². The average molecular weight is 835 g/mol. The molecule has 21 heteroatoms. The Morgan fingerprint density at radius 1 is 0.879 bits per heavy atom. The van der Waals surface area contributed by atoms with Crippen molar-refractivity contribution < 1.29 is 40.1 Å². The van der Waals surface area contributed by atoms with Crippen LogP contribution in [-0.2, 0) is 22.1 Å². The lowest BCUT2D eigenvalue weighted by atomic mass is 9.96. The molecule has 14 nitrogen and oxygen atoms in total.